The molecule has 1 amide bonds. The van der Waals surface area contributed by atoms with Gasteiger partial charge in [0.2, 0.25) is 0 Å². The molecule has 3 heterocycles. The van der Waals surface area contributed by atoms with Crippen LogP contribution in [-0.2, 0) is 0 Å². The van der Waals surface area contributed by atoms with E-state index in [0.29, 0.717) is 44.6 Å². The van der Waals surface area contributed by atoms with Crippen molar-refractivity contribution in [1.82, 2.24) is 29.5 Å². The lowest BCUT2D eigenvalue weighted by Gasteiger charge is -2.10. The maximum Gasteiger partial charge on any atom is 0.258 e. The zero-order valence-corrected chi connectivity index (χ0v) is 17.5. The Hall–Kier alpha value is -4.11. The molecule has 0 saturated carbocycles. The highest BCUT2D eigenvalue weighted by atomic mass is 35.5. The Morgan fingerprint density at radius 1 is 1.06 bits per heavy atom. The predicted octanol–water partition coefficient (Wildman–Crippen LogP) is 4.35. The quantitative estimate of drug-likeness (QED) is 0.442. The lowest BCUT2D eigenvalue weighted by molar-refractivity contribution is 0.102. The van der Waals surface area contributed by atoms with E-state index in [1.165, 1.54) is 23.1 Å². The number of aromatic nitrogens is 6. The van der Waals surface area contributed by atoms with Gasteiger partial charge in [0.15, 0.2) is 11.5 Å². The molecule has 2 aromatic carbocycles. The molecule has 5 aromatic rings. The van der Waals surface area contributed by atoms with Gasteiger partial charge in [0, 0.05) is 6.07 Å². The molecule has 10 heteroatoms. The first-order valence-electron chi connectivity index (χ1n) is 9.59. The van der Waals surface area contributed by atoms with Crippen molar-refractivity contribution in [1.29, 1.82) is 0 Å². The van der Waals surface area contributed by atoms with Gasteiger partial charge in [-0.05, 0) is 43.3 Å². The van der Waals surface area contributed by atoms with Crippen LogP contribution in [0, 0.1) is 12.7 Å². The minimum Gasteiger partial charge on any atom is -0.306 e. The number of aryl methyl sites for hydroxylation is 1. The molecule has 0 unspecified atom stereocenters. The number of amides is 1. The Bertz CT molecular complexity index is 1460. The first-order valence-corrected chi connectivity index (χ1v) is 9.96. The topological polar surface area (TPSA) is 90.5 Å². The van der Waals surface area contributed by atoms with Crippen LogP contribution in [0.2, 0.25) is 5.02 Å². The summed E-state index contributed by atoms with van der Waals surface area (Å²) in [5.41, 5.74) is 2.18. The molecule has 0 aliphatic heterocycles. The minimum atomic E-state index is -0.371. The Kier molecular flexibility index (Phi) is 4.87. The number of hydrogen-bond acceptors (Lipinski definition) is 5. The highest BCUT2D eigenvalue weighted by molar-refractivity contribution is 6.34. The van der Waals surface area contributed by atoms with Crippen molar-refractivity contribution in [3.63, 3.8) is 0 Å². The van der Waals surface area contributed by atoms with Gasteiger partial charge in [-0.25, -0.2) is 19.0 Å². The van der Waals surface area contributed by atoms with Crippen molar-refractivity contribution in [3.8, 4) is 11.5 Å². The fourth-order valence-corrected chi connectivity index (χ4v) is 3.57. The second-order valence-corrected chi connectivity index (χ2v) is 7.39. The van der Waals surface area contributed by atoms with Gasteiger partial charge in [-0.15, -0.1) is 0 Å². The normalized spacial score (nSPS) is 11.1. The van der Waals surface area contributed by atoms with E-state index >= 15 is 0 Å². The Balaban J connectivity index is 1.57. The number of carbonyl (C=O) groups excluding carboxylic acids is 1. The molecule has 3 aromatic heterocycles. The van der Waals surface area contributed by atoms with Crippen molar-refractivity contribution in [3.05, 3.63) is 89.2 Å². The monoisotopic (exact) mass is 447 g/mol. The third-order valence-electron chi connectivity index (χ3n) is 4.81. The summed E-state index contributed by atoms with van der Waals surface area (Å²) in [7, 11) is 0. The molecule has 0 saturated heterocycles. The third-order valence-corrected chi connectivity index (χ3v) is 5.14. The number of nitrogens with zero attached hydrogens (tertiary/aromatic N) is 6. The molecule has 158 valence electrons. The Labute approximate surface area is 186 Å². The lowest BCUT2D eigenvalue weighted by Crippen LogP contribution is -2.16. The molecule has 0 aliphatic rings. The van der Waals surface area contributed by atoms with Crippen molar-refractivity contribution < 1.29 is 9.18 Å². The first-order chi connectivity index (χ1) is 15.5. The zero-order valence-electron chi connectivity index (χ0n) is 16.7. The maximum atomic E-state index is 13.3. The van der Waals surface area contributed by atoms with Gasteiger partial charge >= 0.3 is 0 Å². The van der Waals surface area contributed by atoms with E-state index < -0.39 is 0 Å². The van der Waals surface area contributed by atoms with Crippen molar-refractivity contribution in [2.45, 2.75) is 6.92 Å². The SMILES string of the molecule is Cc1cc(NC(=O)c2ccccc2Cl)n(-c2ncnc3c2cnn3-c2ccc(F)cc2)n1. The van der Waals surface area contributed by atoms with Gasteiger partial charge < -0.3 is 5.32 Å². The zero-order chi connectivity index (χ0) is 22.2. The van der Waals surface area contributed by atoms with Crippen LogP contribution in [0.25, 0.3) is 22.5 Å². The van der Waals surface area contributed by atoms with Crippen molar-refractivity contribution in [2.75, 3.05) is 5.32 Å². The second kappa shape index (κ2) is 7.86. The Morgan fingerprint density at radius 3 is 2.62 bits per heavy atom. The molecule has 8 nitrogen and oxygen atoms in total. The largest absolute Gasteiger partial charge is 0.306 e. The van der Waals surface area contributed by atoms with Crippen LogP contribution in [-0.4, -0.2) is 35.4 Å². The van der Waals surface area contributed by atoms with E-state index in [2.05, 4.69) is 25.5 Å². The van der Waals surface area contributed by atoms with E-state index in [1.54, 1.807) is 53.3 Å². The fraction of sp³-hybridized carbons (Fsp3) is 0.0455. The summed E-state index contributed by atoms with van der Waals surface area (Å²) in [4.78, 5) is 21.5. The van der Waals surface area contributed by atoms with Crippen LogP contribution in [0.3, 0.4) is 0 Å². The van der Waals surface area contributed by atoms with Crippen molar-refractivity contribution >= 4 is 34.4 Å². The van der Waals surface area contributed by atoms with E-state index in [-0.39, 0.29) is 11.7 Å². The molecule has 5 rings (SSSR count). The summed E-state index contributed by atoms with van der Waals surface area (Å²) in [6.45, 7) is 1.81. The summed E-state index contributed by atoms with van der Waals surface area (Å²) in [6.07, 6.45) is 2.99. The molecule has 0 bridgehead atoms. The number of nitrogens with one attached hydrogen (secondary N) is 1. The van der Waals surface area contributed by atoms with Gasteiger partial charge in [-0.3, -0.25) is 4.79 Å². The average Bonchev–Trinajstić information content (AvgIpc) is 3.38. The number of hydrogen-bond donors (Lipinski definition) is 1. The molecule has 0 radical (unpaired) electrons. The number of halogens is 2. The number of carbonyl (C=O) groups is 1. The van der Waals surface area contributed by atoms with Gasteiger partial charge in [0.1, 0.15) is 18.0 Å². The standard InChI is InChI=1S/C22H15ClFN7O/c1-13-10-19(28-22(32)16-4-2-3-5-18(16)23)31(29-13)21-17-11-27-30(20(17)25-12-26-21)15-8-6-14(24)7-9-15/h2-12H,1H3,(H,28,32). The number of fused-ring (bicyclic) bond motifs is 1. The van der Waals surface area contributed by atoms with Crippen LogP contribution in [0.1, 0.15) is 16.1 Å². The number of rotatable bonds is 4. The highest BCUT2D eigenvalue weighted by Crippen LogP contribution is 2.25. The molecular formula is C22H15ClFN7O. The summed E-state index contributed by atoms with van der Waals surface area (Å²) >= 11 is 6.16. The van der Waals surface area contributed by atoms with Gasteiger partial charge in [0.25, 0.3) is 5.91 Å². The second-order valence-electron chi connectivity index (χ2n) is 6.98. The van der Waals surface area contributed by atoms with E-state index in [4.69, 9.17) is 11.6 Å². The van der Waals surface area contributed by atoms with Gasteiger partial charge in [0.05, 0.1) is 33.6 Å². The first kappa shape index (κ1) is 19.8. The predicted molar refractivity (Wildman–Crippen MR) is 118 cm³/mol. The van der Waals surface area contributed by atoms with E-state index in [9.17, 15) is 9.18 Å². The molecule has 0 spiro atoms. The molecule has 1 N–H and O–H groups in total. The van der Waals surface area contributed by atoms with Crippen LogP contribution in [0.5, 0.6) is 0 Å². The summed E-state index contributed by atoms with van der Waals surface area (Å²) in [6, 6.07) is 14.4. The maximum absolute atomic E-state index is 13.3. The van der Waals surface area contributed by atoms with Gasteiger partial charge in [-0.1, -0.05) is 23.7 Å². The van der Waals surface area contributed by atoms with Gasteiger partial charge in [-0.2, -0.15) is 14.9 Å². The molecule has 0 fully saturated rings. The summed E-state index contributed by atoms with van der Waals surface area (Å²) in [5, 5.41) is 12.7. The van der Waals surface area contributed by atoms with Crippen LogP contribution < -0.4 is 5.32 Å². The fourth-order valence-electron chi connectivity index (χ4n) is 3.35. The highest BCUT2D eigenvalue weighted by Gasteiger charge is 2.19. The molecule has 0 aliphatic carbocycles. The van der Waals surface area contributed by atoms with E-state index in [0.717, 1.165) is 0 Å². The molecule has 32 heavy (non-hydrogen) atoms. The van der Waals surface area contributed by atoms with Crippen LogP contribution in [0.15, 0.2) is 67.1 Å². The molecule has 0 atom stereocenters. The van der Waals surface area contributed by atoms with E-state index in [1.807, 2.05) is 6.92 Å². The van der Waals surface area contributed by atoms with Crippen molar-refractivity contribution in [2.24, 2.45) is 0 Å². The minimum absolute atomic E-state index is 0.341. The number of anilines is 1. The number of benzene rings is 2. The average molecular weight is 448 g/mol. The summed E-state index contributed by atoms with van der Waals surface area (Å²) in [5.74, 6) is 0.142. The van der Waals surface area contributed by atoms with Crippen LogP contribution in [0.4, 0.5) is 10.2 Å². The lowest BCUT2D eigenvalue weighted by atomic mass is 10.2. The molecular weight excluding hydrogens is 433 g/mol. The summed E-state index contributed by atoms with van der Waals surface area (Å²) < 4.78 is 16.4. The third kappa shape index (κ3) is 3.48. The van der Waals surface area contributed by atoms with Crippen LogP contribution >= 0.6 is 11.6 Å². The Morgan fingerprint density at radius 2 is 1.84 bits per heavy atom. The smallest absolute Gasteiger partial charge is 0.258 e.